The van der Waals surface area contributed by atoms with Gasteiger partial charge >= 0.3 is 6.03 Å². The van der Waals surface area contributed by atoms with Crippen molar-refractivity contribution in [1.82, 2.24) is 25.3 Å². The minimum absolute atomic E-state index is 0.0655. The Balaban J connectivity index is 1.48. The van der Waals surface area contributed by atoms with Gasteiger partial charge < -0.3 is 30.0 Å². The number of nitrogens with one attached hydrogen (secondary N) is 2. The number of nitrogens with zero attached hydrogens (tertiary/aromatic N) is 4. The lowest BCUT2D eigenvalue weighted by molar-refractivity contribution is -0.124. The number of oxime groups is 1. The zero-order valence-electron chi connectivity index (χ0n) is 20.2. The number of hydrogen-bond donors (Lipinski definition) is 3. The molecule has 2 aromatic rings. The first-order valence-corrected chi connectivity index (χ1v) is 11.7. The Morgan fingerprint density at radius 2 is 1.89 bits per heavy atom. The van der Waals surface area contributed by atoms with Gasteiger partial charge in [0.25, 0.3) is 11.8 Å². The molecule has 4 amide bonds. The quantitative estimate of drug-likeness (QED) is 0.185. The van der Waals surface area contributed by atoms with Crippen LogP contribution in [0.3, 0.4) is 0 Å². The number of amides is 4. The Labute approximate surface area is 208 Å². The lowest BCUT2D eigenvalue weighted by Gasteiger charge is -2.35. The highest BCUT2D eigenvalue weighted by Gasteiger charge is 2.50. The van der Waals surface area contributed by atoms with E-state index >= 15 is 0 Å². The number of benzene rings is 2. The van der Waals surface area contributed by atoms with Crippen LogP contribution in [0.2, 0.25) is 0 Å². The normalized spacial score (nSPS) is 22.5. The average Bonchev–Trinajstić information content (AvgIpc) is 3.35. The number of amidine groups is 1. The SMILES string of the molecule is COc1ccc2c(c1)C(=O)N(C[C@@]1(c3cccc(/C(=N/O)N4CCN(C)CC4)c3)NC(=O)NC1=O)C2. The van der Waals surface area contributed by atoms with Gasteiger partial charge in [-0.25, -0.2) is 4.79 Å². The Kier molecular flexibility index (Phi) is 6.00. The largest absolute Gasteiger partial charge is 0.497 e. The van der Waals surface area contributed by atoms with Gasteiger partial charge in [0.05, 0.1) is 13.7 Å². The molecule has 0 spiro atoms. The number of hydrogen-bond acceptors (Lipinski definition) is 7. The van der Waals surface area contributed by atoms with Gasteiger partial charge in [-0.2, -0.15) is 0 Å². The van der Waals surface area contributed by atoms with Gasteiger partial charge in [0, 0.05) is 43.9 Å². The van der Waals surface area contributed by atoms with E-state index in [-0.39, 0.29) is 12.5 Å². The van der Waals surface area contributed by atoms with Crippen LogP contribution in [0.4, 0.5) is 4.79 Å². The molecule has 3 N–H and O–H groups in total. The maximum atomic E-state index is 13.2. The number of piperazine rings is 1. The summed E-state index contributed by atoms with van der Waals surface area (Å²) in [4.78, 5) is 44.5. The van der Waals surface area contributed by atoms with Crippen molar-refractivity contribution >= 4 is 23.7 Å². The number of carbonyl (C=O) groups excluding carboxylic acids is 3. The zero-order chi connectivity index (χ0) is 25.4. The van der Waals surface area contributed by atoms with Crippen LogP contribution < -0.4 is 15.4 Å². The fourth-order valence-electron chi connectivity index (χ4n) is 5.02. The van der Waals surface area contributed by atoms with E-state index < -0.39 is 17.5 Å². The molecule has 0 aliphatic carbocycles. The van der Waals surface area contributed by atoms with E-state index in [1.165, 1.54) is 7.11 Å². The van der Waals surface area contributed by atoms with E-state index in [1.54, 1.807) is 41.3 Å². The summed E-state index contributed by atoms with van der Waals surface area (Å²) in [5, 5.41) is 18.5. The predicted octanol–water partition coefficient (Wildman–Crippen LogP) is 0.769. The van der Waals surface area contributed by atoms with Crippen molar-refractivity contribution in [2.45, 2.75) is 12.1 Å². The first kappa shape index (κ1) is 23.6. The molecule has 1 atom stereocenters. The summed E-state index contributed by atoms with van der Waals surface area (Å²) in [5.74, 6) is 0.163. The summed E-state index contributed by atoms with van der Waals surface area (Å²) in [6.07, 6.45) is 0. The molecule has 5 rings (SSSR count). The Morgan fingerprint density at radius 3 is 2.56 bits per heavy atom. The molecule has 11 nitrogen and oxygen atoms in total. The molecule has 0 bridgehead atoms. The molecule has 0 radical (unpaired) electrons. The standard InChI is InChI=1S/C25H28N6O5/c1-29-8-10-30(11-9-29)21(28-35)16-4-3-5-18(12-16)25(23(33)26-24(34)27-25)15-31-14-17-6-7-19(36-2)13-20(17)22(31)32/h3-7,12-13,35H,8-11,14-15H2,1-2H3,(H2,26,27,33,34)/b28-21-/t25-/m0/s1. The lowest BCUT2D eigenvalue weighted by Crippen LogP contribution is -2.53. The van der Waals surface area contributed by atoms with Crippen LogP contribution >= 0.6 is 0 Å². The van der Waals surface area contributed by atoms with Crippen molar-refractivity contribution in [2.24, 2.45) is 5.16 Å². The Hall–Kier alpha value is -4.12. The van der Waals surface area contributed by atoms with E-state index in [4.69, 9.17) is 4.74 Å². The number of ether oxygens (including phenoxy) is 1. The first-order valence-electron chi connectivity index (χ1n) is 11.7. The van der Waals surface area contributed by atoms with E-state index in [2.05, 4.69) is 20.7 Å². The minimum atomic E-state index is -1.50. The van der Waals surface area contributed by atoms with E-state index in [1.807, 2.05) is 18.0 Å². The molecule has 2 saturated heterocycles. The second kappa shape index (κ2) is 9.15. The van der Waals surface area contributed by atoms with E-state index in [0.717, 1.165) is 18.7 Å². The highest BCUT2D eigenvalue weighted by Crippen LogP contribution is 2.33. The predicted molar refractivity (Wildman–Crippen MR) is 130 cm³/mol. The smallest absolute Gasteiger partial charge is 0.322 e. The van der Waals surface area contributed by atoms with Crippen molar-refractivity contribution in [2.75, 3.05) is 46.9 Å². The number of likely N-dealkylation sites (N-methyl/N-ethyl adjacent to an activating group) is 1. The highest BCUT2D eigenvalue weighted by molar-refractivity contribution is 6.09. The van der Waals surface area contributed by atoms with Crippen LogP contribution in [0, 0.1) is 0 Å². The summed E-state index contributed by atoms with van der Waals surface area (Å²) < 4.78 is 5.25. The molecule has 2 aromatic carbocycles. The van der Waals surface area contributed by atoms with Crippen molar-refractivity contribution in [3.05, 3.63) is 64.7 Å². The van der Waals surface area contributed by atoms with E-state index in [0.29, 0.717) is 47.9 Å². The van der Waals surface area contributed by atoms with Gasteiger partial charge in [-0.1, -0.05) is 29.4 Å². The summed E-state index contributed by atoms with van der Waals surface area (Å²) in [5.41, 5.74) is 0.915. The zero-order valence-corrected chi connectivity index (χ0v) is 20.2. The molecule has 2 fully saturated rings. The van der Waals surface area contributed by atoms with Gasteiger partial charge in [0.1, 0.15) is 5.75 Å². The van der Waals surface area contributed by atoms with Crippen LogP contribution in [-0.2, 0) is 16.9 Å². The highest BCUT2D eigenvalue weighted by atomic mass is 16.5. The topological polar surface area (TPSA) is 127 Å². The fourth-order valence-corrected chi connectivity index (χ4v) is 5.02. The minimum Gasteiger partial charge on any atom is -0.497 e. The second-order valence-electron chi connectivity index (χ2n) is 9.29. The lowest BCUT2D eigenvalue weighted by atomic mass is 9.88. The summed E-state index contributed by atoms with van der Waals surface area (Å²) in [6.45, 7) is 3.25. The number of carbonyl (C=O) groups is 3. The number of fused-ring (bicyclic) bond motifs is 1. The van der Waals surface area contributed by atoms with Crippen LogP contribution in [0.5, 0.6) is 5.75 Å². The number of rotatable bonds is 5. The number of imide groups is 1. The van der Waals surface area contributed by atoms with Crippen LogP contribution in [0.25, 0.3) is 0 Å². The summed E-state index contributed by atoms with van der Waals surface area (Å²) in [6, 6.07) is 11.7. The Morgan fingerprint density at radius 1 is 1.11 bits per heavy atom. The third-order valence-electron chi connectivity index (χ3n) is 7.08. The molecule has 3 aliphatic heterocycles. The fraction of sp³-hybridized carbons (Fsp3) is 0.360. The van der Waals surface area contributed by atoms with Crippen LogP contribution in [-0.4, -0.2) is 90.5 Å². The average molecular weight is 493 g/mol. The van der Waals surface area contributed by atoms with Crippen molar-refractivity contribution in [3.8, 4) is 5.75 Å². The molecule has 3 heterocycles. The van der Waals surface area contributed by atoms with Gasteiger partial charge in [-0.15, -0.1) is 0 Å². The summed E-state index contributed by atoms with van der Waals surface area (Å²) >= 11 is 0. The van der Waals surface area contributed by atoms with Crippen molar-refractivity contribution in [1.29, 1.82) is 0 Å². The third-order valence-corrected chi connectivity index (χ3v) is 7.08. The molecule has 188 valence electrons. The molecular formula is C25H28N6O5. The molecule has 11 heteroatoms. The molecular weight excluding hydrogens is 464 g/mol. The van der Waals surface area contributed by atoms with Gasteiger partial charge in [0.2, 0.25) is 0 Å². The third kappa shape index (κ3) is 4.01. The van der Waals surface area contributed by atoms with Crippen molar-refractivity contribution in [3.63, 3.8) is 0 Å². The second-order valence-corrected chi connectivity index (χ2v) is 9.29. The van der Waals surface area contributed by atoms with Gasteiger partial charge in [-0.3, -0.25) is 14.9 Å². The monoisotopic (exact) mass is 492 g/mol. The van der Waals surface area contributed by atoms with Crippen LogP contribution in [0.15, 0.2) is 47.6 Å². The molecule has 36 heavy (non-hydrogen) atoms. The molecule has 0 unspecified atom stereocenters. The van der Waals surface area contributed by atoms with Gasteiger partial charge in [-0.05, 0) is 36.4 Å². The first-order chi connectivity index (χ1) is 17.3. The van der Waals surface area contributed by atoms with E-state index in [9.17, 15) is 19.6 Å². The summed E-state index contributed by atoms with van der Waals surface area (Å²) in [7, 11) is 3.57. The van der Waals surface area contributed by atoms with Crippen LogP contribution in [0.1, 0.15) is 27.0 Å². The maximum absolute atomic E-state index is 13.2. The van der Waals surface area contributed by atoms with Crippen molar-refractivity contribution < 1.29 is 24.3 Å². The van der Waals surface area contributed by atoms with Gasteiger partial charge in [0.15, 0.2) is 11.4 Å². The molecule has 0 saturated carbocycles. The maximum Gasteiger partial charge on any atom is 0.322 e. The number of methoxy groups -OCH3 is 1. The number of urea groups is 1. The molecule has 3 aliphatic rings. The Bertz CT molecular complexity index is 1260. The molecule has 0 aromatic heterocycles.